The zero-order chi connectivity index (χ0) is 25.8. The van der Waals surface area contributed by atoms with Crippen molar-refractivity contribution in [2.75, 3.05) is 19.7 Å². The van der Waals surface area contributed by atoms with E-state index in [0.717, 1.165) is 60.6 Å². The Morgan fingerprint density at radius 2 is 1.78 bits per heavy atom. The van der Waals surface area contributed by atoms with Crippen LogP contribution in [-0.2, 0) is 13.1 Å². The topological polar surface area (TPSA) is 45.1 Å². The van der Waals surface area contributed by atoms with Crippen molar-refractivity contribution in [1.82, 2.24) is 4.90 Å². The number of likely N-dealkylation sites (tertiary alicyclic amines) is 1. The molecule has 2 aliphatic heterocycles. The van der Waals surface area contributed by atoms with E-state index >= 15 is 0 Å². The smallest absolute Gasteiger partial charge is 0.124 e. The van der Waals surface area contributed by atoms with Gasteiger partial charge in [-0.1, -0.05) is 65.7 Å². The lowest BCUT2D eigenvalue weighted by molar-refractivity contribution is 0.127. The summed E-state index contributed by atoms with van der Waals surface area (Å²) in [4.78, 5) is 7.24. The molecule has 1 atom stereocenters. The number of ether oxygens (including phenoxy) is 1. The van der Waals surface area contributed by atoms with E-state index in [4.69, 9.17) is 32.9 Å². The van der Waals surface area contributed by atoms with Crippen molar-refractivity contribution in [2.24, 2.45) is 10.9 Å². The van der Waals surface area contributed by atoms with Crippen LogP contribution in [0, 0.1) is 5.92 Å². The highest BCUT2D eigenvalue weighted by atomic mass is 35.5. The van der Waals surface area contributed by atoms with Crippen LogP contribution in [0.15, 0.2) is 71.7 Å². The van der Waals surface area contributed by atoms with Gasteiger partial charge in [0.1, 0.15) is 11.9 Å². The number of piperidine rings is 1. The third-order valence-electron chi connectivity index (χ3n) is 7.25. The molecule has 37 heavy (non-hydrogen) atoms. The average molecular weight is 536 g/mol. The highest BCUT2D eigenvalue weighted by molar-refractivity contribution is 6.36. The van der Waals surface area contributed by atoms with Crippen LogP contribution in [0.3, 0.4) is 0 Å². The van der Waals surface area contributed by atoms with Crippen molar-refractivity contribution in [2.45, 2.75) is 39.0 Å². The third kappa shape index (κ3) is 6.27. The highest BCUT2D eigenvalue weighted by Gasteiger charge is 2.20. The SMILES string of the molecule is C[C@@H](Oc1ccc2c(c1)C(/C=C/c1cccc(CN3CCC(CO)CC3)c1)=NC2)c1c(Cl)cccc1Cl. The Morgan fingerprint density at radius 1 is 1.03 bits per heavy atom. The predicted molar refractivity (Wildman–Crippen MR) is 153 cm³/mol. The van der Waals surface area contributed by atoms with E-state index in [1.165, 1.54) is 11.1 Å². The lowest BCUT2D eigenvalue weighted by Crippen LogP contribution is -2.34. The van der Waals surface area contributed by atoms with Gasteiger partial charge in [0.2, 0.25) is 0 Å². The van der Waals surface area contributed by atoms with Crippen LogP contribution in [0.2, 0.25) is 10.0 Å². The summed E-state index contributed by atoms with van der Waals surface area (Å²) >= 11 is 12.8. The van der Waals surface area contributed by atoms with Crippen molar-refractivity contribution in [3.8, 4) is 5.75 Å². The molecule has 0 spiro atoms. The molecular formula is C31H32Cl2N2O2. The largest absolute Gasteiger partial charge is 0.486 e. The van der Waals surface area contributed by atoms with Crippen molar-refractivity contribution in [1.29, 1.82) is 0 Å². The van der Waals surface area contributed by atoms with Gasteiger partial charge in [0, 0.05) is 34.3 Å². The number of aliphatic hydroxyl groups excluding tert-OH is 1. The molecule has 0 bridgehead atoms. The number of benzene rings is 3. The molecule has 2 aliphatic rings. The van der Waals surface area contributed by atoms with Gasteiger partial charge in [0.05, 0.1) is 12.3 Å². The molecule has 1 N–H and O–H groups in total. The van der Waals surface area contributed by atoms with Crippen molar-refractivity contribution < 1.29 is 9.84 Å². The first-order valence-electron chi connectivity index (χ1n) is 12.9. The lowest BCUT2D eigenvalue weighted by atomic mass is 9.97. The standard InChI is InChI=1S/C31H32Cl2N2O2/c1-21(31-28(32)6-3-7-29(31)33)37-26-10-9-25-18-34-30(27(25)17-26)11-8-22-4-2-5-24(16-22)19-35-14-12-23(20-36)13-15-35/h2-11,16-17,21,23,36H,12-15,18-20H2,1H3/b11-8+/t21-/m1/s1. The first-order chi connectivity index (χ1) is 18.0. The number of aliphatic imine (C=N–C) groups is 1. The molecule has 0 radical (unpaired) electrons. The Morgan fingerprint density at radius 3 is 2.54 bits per heavy atom. The molecule has 2 heterocycles. The van der Waals surface area contributed by atoms with Gasteiger partial charge in [-0.15, -0.1) is 0 Å². The maximum Gasteiger partial charge on any atom is 0.124 e. The summed E-state index contributed by atoms with van der Waals surface area (Å²) in [6.07, 6.45) is 6.09. The summed E-state index contributed by atoms with van der Waals surface area (Å²) in [5, 5.41) is 10.6. The summed E-state index contributed by atoms with van der Waals surface area (Å²) in [5.41, 5.74) is 6.50. The second-order valence-electron chi connectivity index (χ2n) is 9.90. The second-order valence-corrected chi connectivity index (χ2v) is 10.7. The average Bonchev–Trinajstić information content (AvgIpc) is 3.30. The Kier molecular flexibility index (Phi) is 8.31. The fourth-order valence-electron chi connectivity index (χ4n) is 5.12. The van der Waals surface area contributed by atoms with Crippen molar-refractivity contribution in [3.63, 3.8) is 0 Å². The molecule has 3 aromatic carbocycles. The molecule has 3 aromatic rings. The number of hydrogen-bond donors (Lipinski definition) is 1. The van der Waals surface area contributed by atoms with Crippen LogP contribution in [0.5, 0.6) is 5.75 Å². The number of rotatable bonds is 8. The van der Waals surface area contributed by atoms with Crippen LogP contribution >= 0.6 is 23.2 Å². The zero-order valence-electron chi connectivity index (χ0n) is 21.0. The molecule has 0 amide bonds. The Balaban J connectivity index is 1.26. The van der Waals surface area contributed by atoms with E-state index in [-0.39, 0.29) is 6.10 Å². The van der Waals surface area contributed by atoms with Crippen LogP contribution < -0.4 is 4.74 Å². The number of hydrogen-bond acceptors (Lipinski definition) is 4. The summed E-state index contributed by atoms with van der Waals surface area (Å²) in [5.74, 6) is 1.22. The molecule has 0 aliphatic carbocycles. The Labute approximate surface area is 229 Å². The van der Waals surface area contributed by atoms with Gasteiger partial charge in [-0.25, -0.2) is 0 Å². The molecule has 0 unspecified atom stereocenters. The van der Waals surface area contributed by atoms with Crippen LogP contribution in [0.25, 0.3) is 6.08 Å². The zero-order valence-corrected chi connectivity index (χ0v) is 22.6. The van der Waals surface area contributed by atoms with E-state index in [1.807, 2.05) is 31.2 Å². The fraction of sp³-hybridized carbons (Fsp3) is 0.323. The Hall–Kier alpha value is -2.63. The minimum Gasteiger partial charge on any atom is -0.486 e. The first-order valence-corrected chi connectivity index (χ1v) is 13.6. The second kappa shape index (κ2) is 11.8. The number of fused-ring (bicyclic) bond motifs is 1. The van der Waals surface area contributed by atoms with Gasteiger partial charge in [-0.2, -0.15) is 0 Å². The molecular weight excluding hydrogens is 503 g/mol. The van der Waals surface area contributed by atoms with E-state index in [2.05, 4.69) is 53.5 Å². The molecule has 192 valence electrons. The van der Waals surface area contributed by atoms with Gasteiger partial charge in [0.15, 0.2) is 0 Å². The van der Waals surface area contributed by atoms with Gasteiger partial charge in [-0.3, -0.25) is 9.89 Å². The number of aliphatic hydroxyl groups is 1. The fourth-order valence-corrected chi connectivity index (χ4v) is 5.83. The van der Waals surface area contributed by atoms with E-state index in [0.29, 0.717) is 29.1 Å². The maximum absolute atomic E-state index is 9.38. The normalized spacial score (nSPS) is 17.1. The molecule has 1 saturated heterocycles. The van der Waals surface area contributed by atoms with Crippen LogP contribution in [-0.4, -0.2) is 35.4 Å². The number of halogens is 2. The maximum atomic E-state index is 9.38. The molecule has 0 aromatic heterocycles. The predicted octanol–water partition coefficient (Wildman–Crippen LogP) is 7.35. The minimum atomic E-state index is -0.284. The van der Waals surface area contributed by atoms with Gasteiger partial charge < -0.3 is 9.84 Å². The van der Waals surface area contributed by atoms with E-state index in [9.17, 15) is 5.11 Å². The quantitative estimate of drug-likeness (QED) is 0.328. The number of nitrogens with zero attached hydrogens (tertiary/aromatic N) is 2. The van der Waals surface area contributed by atoms with E-state index in [1.54, 1.807) is 0 Å². The van der Waals surface area contributed by atoms with Crippen molar-refractivity contribution in [3.05, 3.63) is 105 Å². The summed E-state index contributed by atoms with van der Waals surface area (Å²) in [6, 6.07) is 20.3. The van der Waals surface area contributed by atoms with Gasteiger partial charge in [-0.05, 0) is 85.8 Å². The minimum absolute atomic E-state index is 0.284. The number of allylic oxidation sites excluding steroid dienone is 1. The summed E-state index contributed by atoms with van der Waals surface area (Å²) in [6.45, 7) is 5.97. The third-order valence-corrected chi connectivity index (χ3v) is 7.91. The van der Waals surface area contributed by atoms with E-state index < -0.39 is 0 Å². The lowest BCUT2D eigenvalue weighted by Gasteiger charge is -2.31. The first kappa shape index (κ1) is 26.0. The van der Waals surface area contributed by atoms with Crippen LogP contribution in [0.1, 0.15) is 53.7 Å². The molecule has 1 fully saturated rings. The monoisotopic (exact) mass is 534 g/mol. The molecule has 6 heteroatoms. The summed E-state index contributed by atoms with van der Waals surface area (Å²) < 4.78 is 6.23. The highest BCUT2D eigenvalue weighted by Crippen LogP contribution is 2.34. The van der Waals surface area contributed by atoms with Crippen LogP contribution in [0.4, 0.5) is 0 Å². The van der Waals surface area contributed by atoms with Gasteiger partial charge >= 0.3 is 0 Å². The van der Waals surface area contributed by atoms with Crippen molar-refractivity contribution >= 4 is 35.0 Å². The molecule has 0 saturated carbocycles. The summed E-state index contributed by atoms with van der Waals surface area (Å²) in [7, 11) is 0. The molecule has 4 nitrogen and oxygen atoms in total. The Bertz CT molecular complexity index is 1290. The van der Waals surface area contributed by atoms with Gasteiger partial charge in [0.25, 0.3) is 0 Å². The molecule has 5 rings (SSSR count).